The van der Waals surface area contributed by atoms with Gasteiger partial charge in [-0.2, -0.15) is 5.23 Å². The molecule has 2 aromatic carbocycles. The van der Waals surface area contributed by atoms with Crippen LogP contribution in [0.4, 0.5) is 5.69 Å². The van der Waals surface area contributed by atoms with E-state index < -0.39 is 5.23 Å². The number of aromatic nitrogens is 3. The van der Waals surface area contributed by atoms with Gasteiger partial charge in [-0.3, -0.25) is 0 Å². The predicted molar refractivity (Wildman–Crippen MR) is 91.0 cm³/mol. The second-order valence-corrected chi connectivity index (χ2v) is 6.46. The maximum atomic E-state index is 10.9. The Morgan fingerprint density at radius 1 is 1.16 bits per heavy atom. The molecule has 1 unspecified atom stereocenters. The average Bonchev–Trinajstić information content (AvgIpc) is 3.22. The lowest BCUT2D eigenvalue weighted by molar-refractivity contribution is -0.991. The van der Waals surface area contributed by atoms with Gasteiger partial charge < -0.3 is 15.4 Å². The second-order valence-electron chi connectivity index (χ2n) is 5.39. The SMILES string of the molecule is [O-][NH+](O)c1ccc([C@@H]2Nn3c(COc4ccccc4)nnc3S2)cc1. The first kappa shape index (κ1) is 15.9. The summed E-state index contributed by atoms with van der Waals surface area (Å²) in [6.07, 6.45) is 0. The summed E-state index contributed by atoms with van der Waals surface area (Å²) < 4.78 is 7.53. The van der Waals surface area contributed by atoms with Crippen molar-refractivity contribution >= 4 is 17.4 Å². The fourth-order valence-electron chi connectivity index (χ4n) is 2.46. The van der Waals surface area contributed by atoms with Gasteiger partial charge in [-0.1, -0.05) is 30.0 Å². The van der Waals surface area contributed by atoms with Gasteiger partial charge in [0.25, 0.3) is 0 Å². The van der Waals surface area contributed by atoms with E-state index >= 15 is 0 Å². The Kier molecular flexibility index (Phi) is 4.28. The van der Waals surface area contributed by atoms with Gasteiger partial charge in [-0.05, 0) is 29.8 Å². The van der Waals surface area contributed by atoms with E-state index in [0.717, 1.165) is 16.5 Å². The van der Waals surface area contributed by atoms with Crippen molar-refractivity contribution in [3.63, 3.8) is 0 Å². The number of nitrogens with zero attached hydrogens (tertiary/aromatic N) is 3. The number of rotatable bonds is 5. The number of ether oxygens (including phenoxy) is 1. The Balaban J connectivity index is 1.45. The van der Waals surface area contributed by atoms with Gasteiger partial charge in [0, 0.05) is 12.1 Å². The fraction of sp³-hybridized carbons (Fsp3) is 0.125. The van der Waals surface area contributed by atoms with Crippen LogP contribution < -0.4 is 15.4 Å². The minimum atomic E-state index is -0.934. The Morgan fingerprint density at radius 3 is 2.64 bits per heavy atom. The topological polar surface area (TPSA) is 99.7 Å². The monoisotopic (exact) mass is 357 g/mol. The van der Waals surface area contributed by atoms with Gasteiger partial charge >= 0.3 is 0 Å². The number of quaternary nitrogens is 1. The van der Waals surface area contributed by atoms with Crippen molar-refractivity contribution in [3.05, 3.63) is 71.2 Å². The van der Waals surface area contributed by atoms with Gasteiger partial charge in [0.2, 0.25) is 5.16 Å². The normalized spacial score (nSPS) is 17.0. The first-order chi connectivity index (χ1) is 12.2. The lowest BCUT2D eigenvalue weighted by Gasteiger charge is -2.15. The number of hydrogen-bond acceptors (Lipinski definition) is 7. The molecule has 0 bridgehead atoms. The van der Waals surface area contributed by atoms with E-state index in [-0.39, 0.29) is 11.1 Å². The molecule has 3 aromatic rings. The summed E-state index contributed by atoms with van der Waals surface area (Å²) in [5, 5.41) is 28.0. The molecule has 25 heavy (non-hydrogen) atoms. The molecule has 1 aliphatic rings. The minimum absolute atomic E-state index is 0.0520. The highest BCUT2D eigenvalue weighted by atomic mass is 32.2. The fourth-order valence-corrected chi connectivity index (χ4v) is 3.47. The number of hydrogen-bond donors (Lipinski definition) is 3. The van der Waals surface area contributed by atoms with Crippen LogP contribution in [-0.2, 0) is 6.61 Å². The molecule has 9 heteroatoms. The van der Waals surface area contributed by atoms with Crippen molar-refractivity contribution < 1.29 is 15.2 Å². The zero-order valence-corrected chi connectivity index (χ0v) is 13.8. The zero-order valence-electron chi connectivity index (χ0n) is 13.0. The van der Waals surface area contributed by atoms with E-state index in [1.54, 1.807) is 24.3 Å². The molecule has 2 atom stereocenters. The van der Waals surface area contributed by atoms with E-state index in [9.17, 15) is 5.21 Å². The molecule has 0 amide bonds. The molecular weight excluding hydrogens is 342 g/mol. The lowest BCUT2D eigenvalue weighted by atomic mass is 10.2. The van der Waals surface area contributed by atoms with Crippen LogP contribution in [-0.4, -0.2) is 20.1 Å². The zero-order chi connectivity index (χ0) is 17.2. The molecule has 0 saturated carbocycles. The van der Waals surface area contributed by atoms with E-state index in [0.29, 0.717) is 12.4 Å². The van der Waals surface area contributed by atoms with Crippen LogP contribution in [0, 0.1) is 5.21 Å². The third-order valence-electron chi connectivity index (χ3n) is 3.74. The molecule has 0 fully saturated rings. The molecule has 1 aromatic heterocycles. The molecule has 0 radical (unpaired) electrons. The van der Waals surface area contributed by atoms with Crippen LogP contribution in [0.25, 0.3) is 0 Å². The van der Waals surface area contributed by atoms with Crippen LogP contribution in [0.1, 0.15) is 16.8 Å². The highest BCUT2D eigenvalue weighted by Gasteiger charge is 2.27. The molecule has 1 aliphatic heterocycles. The summed E-state index contributed by atoms with van der Waals surface area (Å²) in [5.74, 6) is 1.45. The number of thioether (sulfide) groups is 1. The number of para-hydroxylation sites is 1. The van der Waals surface area contributed by atoms with Gasteiger partial charge in [0.05, 0.1) is 0 Å². The first-order valence-electron chi connectivity index (χ1n) is 7.59. The molecule has 128 valence electrons. The molecule has 0 aliphatic carbocycles. The lowest BCUT2D eigenvalue weighted by Crippen LogP contribution is -2.99. The highest BCUT2D eigenvalue weighted by molar-refractivity contribution is 7.99. The molecule has 0 spiro atoms. The molecular formula is C16H15N5O3S. The number of fused-ring (bicyclic) bond motifs is 1. The highest BCUT2D eigenvalue weighted by Crippen LogP contribution is 2.38. The Morgan fingerprint density at radius 2 is 1.92 bits per heavy atom. The molecule has 3 N–H and O–H groups in total. The average molecular weight is 357 g/mol. The third kappa shape index (κ3) is 3.30. The van der Waals surface area contributed by atoms with Crippen molar-refractivity contribution in [2.45, 2.75) is 17.1 Å². The molecule has 8 nitrogen and oxygen atoms in total. The van der Waals surface area contributed by atoms with E-state index in [2.05, 4.69) is 15.6 Å². The maximum Gasteiger partial charge on any atom is 0.212 e. The van der Waals surface area contributed by atoms with Gasteiger partial charge in [0.1, 0.15) is 17.7 Å². The first-order valence-corrected chi connectivity index (χ1v) is 8.47. The van der Waals surface area contributed by atoms with Gasteiger partial charge in [-0.25, -0.2) is 9.88 Å². The van der Waals surface area contributed by atoms with Crippen molar-refractivity contribution in [1.29, 1.82) is 0 Å². The van der Waals surface area contributed by atoms with E-state index in [4.69, 9.17) is 9.94 Å². The van der Waals surface area contributed by atoms with Crippen LogP contribution in [0.5, 0.6) is 5.75 Å². The van der Waals surface area contributed by atoms with Crippen LogP contribution in [0.15, 0.2) is 59.8 Å². The Bertz CT molecular complexity index is 854. The second kappa shape index (κ2) is 6.73. The largest absolute Gasteiger partial charge is 0.595 e. The van der Waals surface area contributed by atoms with Crippen LogP contribution in [0.2, 0.25) is 0 Å². The van der Waals surface area contributed by atoms with Crippen molar-refractivity contribution in [2.75, 3.05) is 5.43 Å². The Hall–Kier alpha value is -2.59. The molecule has 0 saturated heterocycles. The standard InChI is InChI=1S/C16H15N5O3S/c22-21(23)12-8-6-11(7-9-12)15-19-20-14(17-18-16(20)25-15)10-24-13-4-2-1-3-5-13/h1-9,15,19,21-22H,10H2/t15-/m1/s1. The summed E-state index contributed by atoms with van der Waals surface area (Å²) in [6, 6.07) is 16.3. The summed E-state index contributed by atoms with van der Waals surface area (Å²) in [5.41, 5.74) is 4.55. The third-order valence-corrected chi connectivity index (χ3v) is 4.83. The number of nitrogens with one attached hydrogen (secondary N) is 2. The van der Waals surface area contributed by atoms with Crippen molar-refractivity contribution in [3.8, 4) is 5.75 Å². The van der Waals surface area contributed by atoms with E-state index in [1.807, 2.05) is 35.0 Å². The van der Waals surface area contributed by atoms with Gasteiger partial charge in [-0.15, -0.1) is 10.2 Å². The van der Waals surface area contributed by atoms with Crippen LogP contribution >= 0.6 is 11.8 Å². The summed E-state index contributed by atoms with van der Waals surface area (Å²) in [6.45, 7) is 0.301. The maximum absolute atomic E-state index is 10.9. The Labute approximate surface area is 147 Å². The van der Waals surface area contributed by atoms with Crippen molar-refractivity contribution in [1.82, 2.24) is 14.9 Å². The predicted octanol–water partition coefficient (Wildman–Crippen LogP) is 1.61. The van der Waals surface area contributed by atoms with Gasteiger partial charge in [0.15, 0.2) is 11.5 Å². The quantitative estimate of drug-likeness (QED) is 0.597. The minimum Gasteiger partial charge on any atom is -0.595 e. The van der Waals surface area contributed by atoms with Crippen LogP contribution in [0.3, 0.4) is 0 Å². The van der Waals surface area contributed by atoms with Crippen molar-refractivity contribution in [2.24, 2.45) is 0 Å². The molecule has 2 heterocycles. The number of benzene rings is 2. The summed E-state index contributed by atoms with van der Waals surface area (Å²) in [7, 11) is 0. The summed E-state index contributed by atoms with van der Waals surface area (Å²) >= 11 is 1.52. The smallest absolute Gasteiger partial charge is 0.212 e. The molecule has 4 rings (SSSR count). The van der Waals surface area contributed by atoms with E-state index in [1.165, 1.54) is 11.8 Å². The summed E-state index contributed by atoms with van der Waals surface area (Å²) in [4.78, 5) is 0.